The van der Waals surface area contributed by atoms with E-state index >= 15 is 0 Å². The normalized spacial score (nSPS) is 32.6. The lowest BCUT2D eigenvalue weighted by molar-refractivity contribution is -0.172. The first-order valence-electron chi connectivity index (χ1n) is 6.14. The third-order valence-electron chi connectivity index (χ3n) is 4.05. The summed E-state index contributed by atoms with van der Waals surface area (Å²) < 4.78 is 4.68. The van der Waals surface area contributed by atoms with Gasteiger partial charge in [0.1, 0.15) is 0 Å². The number of methoxy groups -OCH3 is 1. The minimum atomic E-state index is -1.41. The smallest absolute Gasteiger partial charge is 0.323 e. The summed E-state index contributed by atoms with van der Waals surface area (Å²) in [5.74, 6) is -0.905. The van der Waals surface area contributed by atoms with E-state index in [1.54, 1.807) is 0 Å². The molecule has 0 heterocycles. The standard InChI is InChI=1S/C13H22O4/c1-8-5-9(2)7-10(6-8)13(3,11(14)15)12(16)17-4/h8-10H,5-7H2,1-4H3,(H,14,15). The van der Waals surface area contributed by atoms with Gasteiger partial charge in [0.2, 0.25) is 0 Å². The van der Waals surface area contributed by atoms with Crippen molar-refractivity contribution in [3.8, 4) is 0 Å². The van der Waals surface area contributed by atoms with Crippen molar-refractivity contribution in [2.45, 2.75) is 40.0 Å². The van der Waals surface area contributed by atoms with Gasteiger partial charge in [0.15, 0.2) is 5.41 Å². The highest BCUT2D eigenvalue weighted by Crippen LogP contribution is 2.43. The molecular weight excluding hydrogens is 220 g/mol. The van der Waals surface area contributed by atoms with Crippen LogP contribution < -0.4 is 0 Å². The number of esters is 1. The molecule has 17 heavy (non-hydrogen) atoms. The van der Waals surface area contributed by atoms with E-state index < -0.39 is 17.4 Å². The molecule has 4 nitrogen and oxygen atoms in total. The summed E-state index contributed by atoms with van der Waals surface area (Å²) in [7, 11) is 1.25. The zero-order valence-corrected chi connectivity index (χ0v) is 11.0. The van der Waals surface area contributed by atoms with Gasteiger partial charge in [-0.05, 0) is 43.9 Å². The second kappa shape index (κ2) is 5.07. The Balaban J connectivity index is 2.98. The molecule has 0 spiro atoms. The van der Waals surface area contributed by atoms with Crippen LogP contribution in [0.5, 0.6) is 0 Å². The molecule has 0 saturated heterocycles. The molecule has 0 amide bonds. The molecule has 0 bridgehead atoms. The quantitative estimate of drug-likeness (QED) is 0.609. The molecule has 0 aliphatic heterocycles. The van der Waals surface area contributed by atoms with Gasteiger partial charge in [-0.1, -0.05) is 13.8 Å². The first-order valence-corrected chi connectivity index (χ1v) is 6.14. The average Bonchev–Trinajstić information content (AvgIpc) is 2.25. The lowest BCUT2D eigenvalue weighted by Gasteiger charge is -2.39. The molecule has 1 rings (SSSR count). The van der Waals surface area contributed by atoms with Crippen LogP contribution in [0.25, 0.3) is 0 Å². The highest BCUT2D eigenvalue weighted by atomic mass is 16.5. The van der Waals surface area contributed by atoms with Crippen molar-refractivity contribution in [3.63, 3.8) is 0 Å². The van der Waals surface area contributed by atoms with E-state index in [2.05, 4.69) is 18.6 Å². The van der Waals surface area contributed by atoms with E-state index in [1.165, 1.54) is 14.0 Å². The third kappa shape index (κ3) is 2.61. The van der Waals surface area contributed by atoms with E-state index in [0.717, 1.165) is 19.3 Å². The van der Waals surface area contributed by atoms with Gasteiger partial charge in [-0.15, -0.1) is 0 Å². The molecule has 98 valence electrons. The first kappa shape index (κ1) is 14.0. The Morgan fingerprint density at radius 1 is 1.18 bits per heavy atom. The summed E-state index contributed by atoms with van der Waals surface area (Å²) in [6.07, 6.45) is 2.66. The van der Waals surface area contributed by atoms with Crippen LogP contribution in [0.1, 0.15) is 40.0 Å². The Morgan fingerprint density at radius 2 is 1.65 bits per heavy atom. The molecule has 1 fully saturated rings. The van der Waals surface area contributed by atoms with Gasteiger partial charge in [0.25, 0.3) is 0 Å². The number of carboxylic acid groups (broad SMARTS) is 1. The van der Waals surface area contributed by atoms with Crippen LogP contribution in [0, 0.1) is 23.2 Å². The van der Waals surface area contributed by atoms with Gasteiger partial charge < -0.3 is 9.84 Å². The predicted molar refractivity (Wildman–Crippen MR) is 63.4 cm³/mol. The Morgan fingerprint density at radius 3 is 2.00 bits per heavy atom. The maximum atomic E-state index is 11.8. The Kier molecular flexibility index (Phi) is 4.17. The first-order chi connectivity index (χ1) is 7.82. The molecule has 0 aromatic rings. The monoisotopic (exact) mass is 242 g/mol. The fourth-order valence-corrected chi connectivity index (χ4v) is 3.06. The van der Waals surface area contributed by atoms with Crippen LogP contribution in [-0.2, 0) is 14.3 Å². The fraction of sp³-hybridized carbons (Fsp3) is 0.846. The van der Waals surface area contributed by atoms with Gasteiger partial charge in [0.05, 0.1) is 7.11 Å². The number of aliphatic carboxylic acids is 1. The zero-order chi connectivity index (χ0) is 13.2. The molecule has 1 aliphatic carbocycles. The van der Waals surface area contributed by atoms with Crippen LogP contribution in [0.3, 0.4) is 0 Å². The van der Waals surface area contributed by atoms with Crippen molar-refractivity contribution in [3.05, 3.63) is 0 Å². The Bertz CT molecular complexity index is 303. The van der Waals surface area contributed by atoms with Crippen LogP contribution >= 0.6 is 0 Å². The average molecular weight is 242 g/mol. The largest absolute Gasteiger partial charge is 0.480 e. The number of rotatable bonds is 3. The molecule has 3 atom stereocenters. The van der Waals surface area contributed by atoms with Gasteiger partial charge in [0, 0.05) is 0 Å². The maximum Gasteiger partial charge on any atom is 0.323 e. The van der Waals surface area contributed by atoms with Crippen molar-refractivity contribution in [1.82, 2.24) is 0 Å². The van der Waals surface area contributed by atoms with Crippen molar-refractivity contribution in [2.24, 2.45) is 23.2 Å². The van der Waals surface area contributed by atoms with E-state index in [4.69, 9.17) is 0 Å². The highest BCUT2D eigenvalue weighted by molar-refractivity contribution is 5.99. The van der Waals surface area contributed by atoms with E-state index in [0.29, 0.717) is 11.8 Å². The number of ether oxygens (including phenoxy) is 1. The summed E-state index contributed by atoms with van der Waals surface area (Å²) in [5, 5.41) is 9.36. The van der Waals surface area contributed by atoms with E-state index in [-0.39, 0.29) is 5.92 Å². The molecule has 0 aromatic heterocycles. The SMILES string of the molecule is COC(=O)C(C)(C(=O)O)C1CC(C)CC(C)C1. The topological polar surface area (TPSA) is 63.6 Å². The van der Waals surface area contributed by atoms with Gasteiger partial charge in [-0.2, -0.15) is 0 Å². The molecular formula is C13H22O4. The molecule has 3 unspecified atom stereocenters. The summed E-state index contributed by atoms with van der Waals surface area (Å²) in [5.41, 5.74) is -1.41. The molecule has 0 radical (unpaired) electrons. The van der Waals surface area contributed by atoms with Crippen LogP contribution in [0.4, 0.5) is 0 Å². The van der Waals surface area contributed by atoms with Gasteiger partial charge >= 0.3 is 11.9 Å². The second-order valence-corrected chi connectivity index (χ2v) is 5.61. The third-order valence-corrected chi connectivity index (χ3v) is 4.05. The van der Waals surface area contributed by atoms with E-state index in [9.17, 15) is 14.7 Å². The molecule has 4 heteroatoms. The summed E-state index contributed by atoms with van der Waals surface area (Å²) in [6, 6.07) is 0. The maximum absolute atomic E-state index is 11.8. The number of hydrogen-bond donors (Lipinski definition) is 1. The van der Waals surface area contributed by atoms with Crippen molar-refractivity contribution in [2.75, 3.05) is 7.11 Å². The zero-order valence-electron chi connectivity index (χ0n) is 11.0. The highest BCUT2D eigenvalue weighted by Gasteiger charge is 2.51. The lowest BCUT2D eigenvalue weighted by Crippen LogP contribution is -2.46. The Labute approximate surface area is 102 Å². The summed E-state index contributed by atoms with van der Waals surface area (Å²) >= 11 is 0. The summed E-state index contributed by atoms with van der Waals surface area (Å²) in [6.45, 7) is 5.72. The molecule has 0 aromatic carbocycles. The van der Waals surface area contributed by atoms with Crippen molar-refractivity contribution >= 4 is 11.9 Å². The van der Waals surface area contributed by atoms with Crippen LogP contribution in [0.2, 0.25) is 0 Å². The fourth-order valence-electron chi connectivity index (χ4n) is 3.06. The van der Waals surface area contributed by atoms with E-state index in [1.807, 2.05) is 0 Å². The minimum absolute atomic E-state index is 0.133. The number of carboxylic acids is 1. The van der Waals surface area contributed by atoms with Gasteiger partial charge in [-0.3, -0.25) is 9.59 Å². The lowest BCUT2D eigenvalue weighted by atomic mass is 9.65. The van der Waals surface area contributed by atoms with Crippen molar-refractivity contribution in [1.29, 1.82) is 0 Å². The van der Waals surface area contributed by atoms with Crippen LogP contribution in [0.15, 0.2) is 0 Å². The Hall–Kier alpha value is -1.06. The van der Waals surface area contributed by atoms with Crippen molar-refractivity contribution < 1.29 is 19.4 Å². The van der Waals surface area contributed by atoms with Crippen LogP contribution in [-0.4, -0.2) is 24.2 Å². The predicted octanol–water partition coefficient (Wildman–Crippen LogP) is 2.32. The number of hydrogen-bond acceptors (Lipinski definition) is 3. The minimum Gasteiger partial charge on any atom is -0.480 e. The molecule has 1 saturated carbocycles. The number of carbonyl (C=O) groups excluding carboxylic acids is 1. The second-order valence-electron chi connectivity index (χ2n) is 5.61. The molecule has 1 aliphatic rings. The molecule has 1 N–H and O–H groups in total. The van der Waals surface area contributed by atoms with Gasteiger partial charge in [-0.25, -0.2) is 0 Å². The number of carbonyl (C=O) groups is 2. The summed E-state index contributed by atoms with van der Waals surface area (Å²) in [4.78, 5) is 23.2.